The molecule has 0 radical (unpaired) electrons. The van der Waals surface area contributed by atoms with Crippen LogP contribution in [0.25, 0.3) is 0 Å². The zero-order chi connectivity index (χ0) is 12.3. The van der Waals surface area contributed by atoms with Crippen LogP contribution in [0.5, 0.6) is 0 Å². The smallest absolute Gasteiger partial charge is 0.166 e. The molecule has 2 nitrogen and oxygen atoms in total. The van der Waals surface area contributed by atoms with Crippen molar-refractivity contribution in [2.75, 3.05) is 7.11 Å². The Morgan fingerprint density at radius 2 is 2.06 bits per heavy atom. The summed E-state index contributed by atoms with van der Waals surface area (Å²) in [5.41, 5.74) is 5.76. The fourth-order valence-electron chi connectivity index (χ4n) is 1.45. The Balaban J connectivity index is 3.16. The van der Waals surface area contributed by atoms with E-state index in [0.717, 1.165) is 0 Å². The third-order valence-corrected chi connectivity index (χ3v) is 2.50. The number of nitrogens with two attached hydrogens (primary N) is 1. The van der Waals surface area contributed by atoms with Gasteiger partial charge in [-0.05, 0) is 25.0 Å². The van der Waals surface area contributed by atoms with Crippen molar-refractivity contribution < 1.29 is 13.5 Å². The molecule has 0 aliphatic heterocycles. The van der Waals surface area contributed by atoms with Gasteiger partial charge in [-0.1, -0.05) is 11.6 Å². The first-order valence-electron chi connectivity index (χ1n) is 4.87. The number of rotatable bonds is 4. The van der Waals surface area contributed by atoms with Crippen molar-refractivity contribution in [1.82, 2.24) is 0 Å². The van der Waals surface area contributed by atoms with Crippen LogP contribution in [0, 0.1) is 11.6 Å². The van der Waals surface area contributed by atoms with Crippen molar-refractivity contribution in [1.29, 1.82) is 0 Å². The van der Waals surface area contributed by atoms with Crippen LogP contribution < -0.4 is 5.73 Å². The number of benzene rings is 1. The molecule has 90 valence electrons. The van der Waals surface area contributed by atoms with Gasteiger partial charge in [-0.15, -0.1) is 0 Å². The molecule has 1 rings (SSSR count). The second kappa shape index (κ2) is 5.57. The van der Waals surface area contributed by atoms with Crippen molar-refractivity contribution in [3.63, 3.8) is 0 Å². The third kappa shape index (κ3) is 2.90. The summed E-state index contributed by atoms with van der Waals surface area (Å²) in [5.74, 6) is -1.85. The zero-order valence-corrected chi connectivity index (χ0v) is 9.94. The second-order valence-corrected chi connectivity index (χ2v) is 4.15. The molecule has 16 heavy (non-hydrogen) atoms. The highest BCUT2D eigenvalue weighted by Gasteiger charge is 2.17. The molecule has 0 saturated carbocycles. The van der Waals surface area contributed by atoms with Gasteiger partial charge in [0.25, 0.3) is 0 Å². The molecule has 1 aromatic rings. The van der Waals surface area contributed by atoms with E-state index in [9.17, 15) is 8.78 Å². The van der Waals surface area contributed by atoms with Crippen LogP contribution in [-0.4, -0.2) is 13.2 Å². The Bertz CT molecular complexity index is 383. The Hall–Kier alpha value is -0.710. The van der Waals surface area contributed by atoms with E-state index in [1.807, 2.05) is 0 Å². The van der Waals surface area contributed by atoms with Gasteiger partial charge >= 0.3 is 0 Å². The van der Waals surface area contributed by atoms with Crippen LogP contribution in [-0.2, 0) is 17.8 Å². The number of hydrogen-bond donors (Lipinski definition) is 1. The Labute approximate surface area is 98.3 Å². The minimum absolute atomic E-state index is 0.0371. The van der Waals surface area contributed by atoms with Gasteiger partial charge in [0, 0.05) is 23.7 Å². The average molecular weight is 250 g/mol. The fraction of sp³-hybridized carbons (Fsp3) is 0.455. The normalized spacial score (nSPS) is 12.9. The van der Waals surface area contributed by atoms with Crippen LogP contribution in [0.2, 0.25) is 5.02 Å². The molecule has 2 N–H and O–H groups in total. The molecule has 0 aliphatic carbocycles. The van der Waals surface area contributed by atoms with E-state index in [4.69, 9.17) is 22.1 Å². The average Bonchev–Trinajstić information content (AvgIpc) is 2.20. The van der Waals surface area contributed by atoms with Crippen LogP contribution in [0.4, 0.5) is 8.78 Å². The lowest BCUT2D eigenvalue weighted by molar-refractivity contribution is 0.180. The highest BCUT2D eigenvalue weighted by atomic mass is 35.5. The summed E-state index contributed by atoms with van der Waals surface area (Å²) in [5, 5.41) is 0.163. The van der Waals surface area contributed by atoms with Gasteiger partial charge in [-0.3, -0.25) is 0 Å². The van der Waals surface area contributed by atoms with E-state index in [1.54, 1.807) is 6.92 Å². The maximum Gasteiger partial charge on any atom is 0.166 e. The molecule has 0 heterocycles. The number of methoxy groups -OCH3 is 1. The fourth-order valence-corrected chi connectivity index (χ4v) is 1.72. The SMILES string of the molecule is COCc1c(Cl)cc(CC(C)N)c(F)c1F. The van der Waals surface area contributed by atoms with E-state index in [0.29, 0.717) is 0 Å². The van der Waals surface area contributed by atoms with Gasteiger partial charge in [-0.25, -0.2) is 8.78 Å². The van der Waals surface area contributed by atoms with Crippen molar-refractivity contribution in [3.05, 3.63) is 33.9 Å². The topological polar surface area (TPSA) is 35.2 Å². The molecule has 0 spiro atoms. The highest BCUT2D eigenvalue weighted by molar-refractivity contribution is 6.31. The van der Waals surface area contributed by atoms with Gasteiger partial charge in [0.15, 0.2) is 11.6 Å². The van der Waals surface area contributed by atoms with Crippen LogP contribution in [0.1, 0.15) is 18.1 Å². The Morgan fingerprint density at radius 1 is 1.44 bits per heavy atom. The van der Waals surface area contributed by atoms with Crippen molar-refractivity contribution in [2.45, 2.75) is 26.0 Å². The van der Waals surface area contributed by atoms with Crippen molar-refractivity contribution in [3.8, 4) is 0 Å². The minimum Gasteiger partial charge on any atom is -0.380 e. The standard InChI is InChI=1S/C11H14ClF2NO/c1-6(15)3-7-4-9(12)8(5-16-2)11(14)10(7)13/h4,6H,3,5,15H2,1-2H3. The van der Waals surface area contributed by atoms with E-state index < -0.39 is 11.6 Å². The maximum atomic E-state index is 13.6. The largest absolute Gasteiger partial charge is 0.380 e. The molecule has 5 heteroatoms. The van der Waals surface area contributed by atoms with Crippen LogP contribution >= 0.6 is 11.6 Å². The predicted molar refractivity (Wildman–Crippen MR) is 59.4 cm³/mol. The molecule has 0 aromatic heterocycles. The van der Waals surface area contributed by atoms with Gasteiger partial charge in [0.05, 0.1) is 6.61 Å². The van der Waals surface area contributed by atoms with Crippen molar-refractivity contribution >= 4 is 11.6 Å². The molecular weight excluding hydrogens is 236 g/mol. The van der Waals surface area contributed by atoms with Crippen molar-refractivity contribution in [2.24, 2.45) is 5.73 Å². The molecule has 0 amide bonds. The molecule has 1 atom stereocenters. The molecule has 0 bridgehead atoms. The number of halogens is 3. The molecule has 0 saturated heterocycles. The summed E-state index contributed by atoms with van der Waals surface area (Å²) in [6, 6.07) is 1.15. The molecule has 0 fully saturated rings. The van der Waals surface area contributed by atoms with Gasteiger partial charge in [-0.2, -0.15) is 0 Å². The van der Waals surface area contributed by atoms with Gasteiger partial charge in [0.2, 0.25) is 0 Å². The summed E-state index contributed by atoms with van der Waals surface area (Å²) in [7, 11) is 1.39. The lowest BCUT2D eigenvalue weighted by Gasteiger charge is -2.11. The summed E-state index contributed by atoms with van der Waals surface area (Å²) in [4.78, 5) is 0. The summed E-state index contributed by atoms with van der Waals surface area (Å²) in [6.07, 6.45) is 0.246. The predicted octanol–water partition coefficient (Wildman–Crippen LogP) is 2.65. The maximum absolute atomic E-state index is 13.6. The molecule has 1 unspecified atom stereocenters. The lowest BCUT2D eigenvalue weighted by atomic mass is 10.0. The Morgan fingerprint density at radius 3 is 2.56 bits per heavy atom. The first-order chi connectivity index (χ1) is 7.47. The highest BCUT2D eigenvalue weighted by Crippen LogP contribution is 2.26. The minimum atomic E-state index is -0.954. The van der Waals surface area contributed by atoms with Gasteiger partial charge in [0.1, 0.15) is 0 Å². The van der Waals surface area contributed by atoms with E-state index in [-0.39, 0.29) is 35.2 Å². The Kier molecular flexibility index (Phi) is 4.65. The number of ether oxygens (including phenoxy) is 1. The second-order valence-electron chi connectivity index (χ2n) is 3.74. The zero-order valence-electron chi connectivity index (χ0n) is 9.19. The third-order valence-electron chi connectivity index (χ3n) is 2.16. The van der Waals surface area contributed by atoms with Crippen LogP contribution in [0.15, 0.2) is 6.07 Å². The van der Waals surface area contributed by atoms with E-state index >= 15 is 0 Å². The van der Waals surface area contributed by atoms with E-state index in [1.165, 1.54) is 13.2 Å². The summed E-state index contributed by atoms with van der Waals surface area (Å²) in [6.45, 7) is 1.66. The molecule has 1 aromatic carbocycles. The number of hydrogen-bond acceptors (Lipinski definition) is 2. The van der Waals surface area contributed by atoms with E-state index in [2.05, 4.69) is 0 Å². The molecular formula is C11H14ClF2NO. The van der Waals surface area contributed by atoms with Gasteiger partial charge < -0.3 is 10.5 Å². The molecule has 0 aliphatic rings. The lowest BCUT2D eigenvalue weighted by Crippen LogP contribution is -2.19. The first kappa shape index (κ1) is 13.4. The first-order valence-corrected chi connectivity index (χ1v) is 5.25. The monoisotopic (exact) mass is 249 g/mol. The quantitative estimate of drug-likeness (QED) is 0.833. The summed E-state index contributed by atoms with van der Waals surface area (Å²) >= 11 is 5.84. The van der Waals surface area contributed by atoms with Crippen LogP contribution in [0.3, 0.4) is 0 Å². The summed E-state index contributed by atoms with van der Waals surface area (Å²) < 4.78 is 31.9.